The smallest absolute Gasteiger partial charge is 0.243 e. The van der Waals surface area contributed by atoms with E-state index in [9.17, 15) is 14.7 Å². The van der Waals surface area contributed by atoms with Gasteiger partial charge in [-0.25, -0.2) is 0 Å². The van der Waals surface area contributed by atoms with Crippen LogP contribution < -0.4 is 10.6 Å². The zero-order valence-electron chi connectivity index (χ0n) is 19.3. The molecule has 3 N–H and O–H groups in total. The number of carbonyl (C=O) groups is 2. The maximum atomic E-state index is 12.2. The van der Waals surface area contributed by atoms with Crippen LogP contribution in [0.25, 0.3) is 0 Å². The molecule has 6 heteroatoms. The quantitative estimate of drug-likeness (QED) is 0.134. The number of aliphatic hydroxyl groups excluding tert-OH is 1. The second-order valence-electron chi connectivity index (χ2n) is 7.80. The molecule has 170 valence electrons. The molecule has 0 radical (unpaired) electrons. The van der Waals surface area contributed by atoms with Crippen LogP contribution in [0.1, 0.15) is 66.7 Å². The van der Waals surface area contributed by atoms with Crippen LogP contribution in [0.3, 0.4) is 0 Å². The van der Waals surface area contributed by atoms with Crippen LogP contribution >= 0.6 is 11.8 Å². The van der Waals surface area contributed by atoms with Gasteiger partial charge in [-0.2, -0.15) is 11.8 Å². The highest BCUT2D eigenvalue weighted by Gasteiger charge is 2.20. The molecular weight excluding hydrogens is 396 g/mol. The van der Waals surface area contributed by atoms with Gasteiger partial charge in [0.25, 0.3) is 0 Å². The molecule has 2 amide bonds. The Hall–Kier alpha value is -1.95. The van der Waals surface area contributed by atoms with Gasteiger partial charge >= 0.3 is 0 Å². The Morgan fingerprint density at radius 2 is 1.63 bits per heavy atom. The number of nitrogens with one attached hydrogen (secondary N) is 2. The first-order chi connectivity index (χ1) is 14.2. The summed E-state index contributed by atoms with van der Waals surface area (Å²) in [7, 11) is 0. The molecular formula is C24H40N2O3S. The zero-order chi connectivity index (χ0) is 22.9. The summed E-state index contributed by atoms with van der Waals surface area (Å²) >= 11 is 1.62. The molecule has 2 unspecified atom stereocenters. The van der Waals surface area contributed by atoms with Gasteiger partial charge in [0, 0.05) is 11.5 Å². The third-order valence-corrected chi connectivity index (χ3v) is 5.64. The molecule has 0 aromatic rings. The number of hydrogen-bond donors (Lipinski definition) is 3. The molecule has 0 aliphatic rings. The molecule has 0 aliphatic heterocycles. The van der Waals surface area contributed by atoms with Crippen LogP contribution in [-0.2, 0) is 9.59 Å². The summed E-state index contributed by atoms with van der Waals surface area (Å²) in [6, 6.07) is -1.14. The van der Waals surface area contributed by atoms with Crippen molar-refractivity contribution in [2.75, 3.05) is 11.5 Å². The fraction of sp³-hybridized carbons (Fsp3) is 0.583. The summed E-state index contributed by atoms with van der Waals surface area (Å²) < 4.78 is 0. The minimum Gasteiger partial charge on any atom is -0.511 e. The minimum absolute atomic E-state index is 0.0776. The molecule has 0 aliphatic carbocycles. The number of allylic oxidation sites excluding steroid dienone is 5. The Labute approximate surface area is 187 Å². The summed E-state index contributed by atoms with van der Waals surface area (Å²) in [5, 5.41) is 15.0. The third kappa shape index (κ3) is 14.1. The maximum Gasteiger partial charge on any atom is 0.243 e. The van der Waals surface area contributed by atoms with Gasteiger partial charge in [-0.05, 0) is 59.8 Å². The molecule has 0 fully saturated rings. The van der Waals surface area contributed by atoms with E-state index in [2.05, 4.69) is 63.1 Å². The molecule has 30 heavy (non-hydrogen) atoms. The predicted molar refractivity (Wildman–Crippen MR) is 130 cm³/mol. The van der Waals surface area contributed by atoms with E-state index < -0.39 is 12.1 Å². The fourth-order valence-corrected chi connectivity index (χ4v) is 3.73. The van der Waals surface area contributed by atoms with E-state index in [4.69, 9.17) is 0 Å². The molecule has 0 saturated carbocycles. The van der Waals surface area contributed by atoms with E-state index >= 15 is 0 Å². The van der Waals surface area contributed by atoms with Crippen molar-refractivity contribution in [2.24, 2.45) is 0 Å². The Bertz CT molecular complexity index is 634. The lowest BCUT2D eigenvalue weighted by molar-refractivity contribution is -0.125. The van der Waals surface area contributed by atoms with Crippen molar-refractivity contribution >= 4 is 24.1 Å². The number of rotatable bonds is 16. The summed E-state index contributed by atoms with van der Waals surface area (Å²) in [4.78, 5) is 22.8. The number of amides is 2. The van der Waals surface area contributed by atoms with Gasteiger partial charge in [0.1, 0.15) is 11.8 Å². The minimum atomic E-state index is -0.602. The lowest BCUT2D eigenvalue weighted by Crippen LogP contribution is -2.48. The Balaban J connectivity index is 4.34. The average Bonchev–Trinajstić information content (AvgIpc) is 2.67. The summed E-state index contributed by atoms with van der Waals surface area (Å²) in [5.41, 5.74) is 4.14. The van der Waals surface area contributed by atoms with Gasteiger partial charge in [-0.1, -0.05) is 48.5 Å². The van der Waals surface area contributed by atoms with Crippen molar-refractivity contribution in [2.45, 2.75) is 78.8 Å². The number of carbonyl (C=O) groups excluding carboxylic acids is 2. The van der Waals surface area contributed by atoms with Crippen LogP contribution in [0.5, 0.6) is 0 Å². The molecule has 0 heterocycles. The second kappa shape index (κ2) is 16.8. The van der Waals surface area contributed by atoms with E-state index in [1.54, 1.807) is 11.8 Å². The number of thioether (sulfide) groups is 1. The third-order valence-electron chi connectivity index (χ3n) is 4.67. The molecule has 0 aromatic carbocycles. The Kier molecular flexibility index (Phi) is 15.7. The monoisotopic (exact) mass is 436 g/mol. The maximum absolute atomic E-state index is 12.2. The lowest BCUT2D eigenvalue weighted by atomic mass is 10.1. The first kappa shape index (κ1) is 28.1. The highest BCUT2D eigenvalue weighted by Crippen LogP contribution is 2.14. The summed E-state index contributed by atoms with van der Waals surface area (Å²) in [5.74, 6) is 0.930. The highest BCUT2D eigenvalue weighted by molar-refractivity contribution is 7.99. The number of aliphatic hydroxyl groups is 1. The summed E-state index contributed by atoms with van der Waals surface area (Å²) in [6.45, 7) is 13.9. The van der Waals surface area contributed by atoms with Gasteiger partial charge in [0.05, 0.1) is 6.04 Å². The Morgan fingerprint density at radius 3 is 2.17 bits per heavy atom. The summed E-state index contributed by atoms with van der Waals surface area (Å²) in [6.07, 6.45) is 12.1. The molecule has 5 nitrogen and oxygen atoms in total. The van der Waals surface area contributed by atoms with Crippen LogP contribution in [0.15, 0.2) is 47.3 Å². The van der Waals surface area contributed by atoms with Crippen molar-refractivity contribution < 1.29 is 14.7 Å². The van der Waals surface area contributed by atoms with Crippen LogP contribution in [0.2, 0.25) is 0 Å². The van der Waals surface area contributed by atoms with Crippen molar-refractivity contribution in [3.63, 3.8) is 0 Å². The predicted octanol–water partition coefficient (Wildman–Crippen LogP) is 5.22. The van der Waals surface area contributed by atoms with Crippen LogP contribution in [0, 0.1) is 0 Å². The number of hydrogen-bond acceptors (Lipinski definition) is 4. The van der Waals surface area contributed by atoms with Gasteiger partial charge in [-0.3, -0.25) is 9.59 Å². The van der Waals surface area contributed by atoms with E-state index in [1.165, 1.54) is 16.7 Å². The van der Waals surface area contributed by atoms with E-state index in [0.29, 0.717) is 18.6 Å². The van der Waals surface area contributed by atoms with Crippen molar-refractivity contribution in [3.8, 4) is 0 Å². The van der Waals surface area contributed by atoms with E-state index in [1.807, 2.05) is 6.92 Å². The molecule has 0 aromatic heterocycles. The zero-order valence-corrected chi connectivity index (χ0v) is 20.1. The first-order valence-corrected chi connectivity index (χ1v) is 11.8. The lowest BCUT2D eigenvalue weighted by Gasteiger charge is -2.20. The average molecular weight is 437 g/mol. The Morgan fingerprint density at radius 1 is 1.03 bits per heavy atom. The van der Waals surface area contributed by atoms with Crippen LogP contribution in [-0.4, -0.2) is 41.0 Å². The first-order valence-electron chi connectivity index (χ1n) is 10.6. The molecule has 0 saturated heterocycles. The van der Waals surface area contributed by atoms with Gasteiger partial charge in [0.2, 0.25) is 12.3 Å². The molecule has 2 atom stereocenters. The van der Waals surface area contributed by atoms with E-state index in [-0.39, 0.29) is 11.7 Å². The van der Waals surface area contributed by atoms with Gasteiger partial charge < -0.3 is 15.7 Å². The topological polar surface area (TPSA) is 78.4 Å². The van der Waals surface area contributed by atoms with E-state index in [0.717, 1.165) is 31.4 Å². The fourth-order valence-electron chi connectivity index (χ4n) is 2.68. The molecule has 0 spiro atoms. The standard InChI is InChI=1S/C24H40N2O3S/c1-7-22(25-17-27)24(29)26-23(21(6)28)16-30-15-14-20(5)13-9-12-19(4)11-8-10-18(2)3/h10,12,14,17,22-23,28H,6-9,11,13,15-16H2,1-5H3,(H,25,27)(H,26,29)/b19-12+,20-14+. The molecule has 0 rings (SSSR count). The van der Waals surface area contributed by atoms with Crippen molar-refractivity contribution in [1.82, 2.24) is 10.6 Å². The van der Waals surface area contributed by atoms with Gasteiger partial charge in [0.15, 0.2) is 0 Å². The normalized spacial score (nSPS) is 13.9. The van der Waals surface area contributed by atoms with Gasteiger partial charge in [-0.15, -0.1) is 0 Å². The highest BCUT2D eigenvalue weighted by atomic mass is 32.2. The van der Waals surface area contributed by atoms with Crippen LogP contribution in [0.4, 0.5) is 0 Å². The second-order valence-corrected chi connectivity index (χ2v) is 8.87. The van der Waals surface area contributed by atoms with Crippen molar-refractivity contribution in [1.29, 1.82) is 0 Å². The largest absolute Gasteiger partial charge is 0.511 e. The molecule has 0 bridgehead atoms. The SMILES string of the molecule is C=C(O)C(CSC/C=C(\C)CC/C=C(\C)CCC=C(C)C)NC(=O)C(CC)NC=O. The van der Waals surface area contributed by atoms with Crippen molar-refractivity contribution in [3.05, 3.63) is 47.3 Å².